The Morgan fingerprint density at radius 3 is 2.59 bits per heavy atom. The van der Waals surface area contributed by atoms with Crippen molar-refractivity contribution < 1.29 is 14.0 Å². The standard InChI is InChI=1S/C19H14ClFN4O2/c1-11-2-3-12-9-13(17(20)24-16(12)8-11)10-22-25-19(27)18(26)23-15-6-4-14(21)5-7-15/h2-10H,1H3,(H,23,26)(H,25,27)/b22-10+. The number of aryl methyl sites for hydroxylation is 1. The van der Waals surface area contributed by atoms with Crippen LogP contribution in [0.25, 0.3) is 10.9 Å². The minimum absolute atomic E-state index is 0.224. The molecule has 27 heavy (non-hydrogen) atoms. The van der Waals surface area contributed by atoms with E-state index in [1.807, 2.05) is 25.1 Å². The molecule has 0 atom stereocenters. The number of nitrogens with zero attached hydrogens (tertiary/aromatic N) is 2. The van der Waals surface area contributed by atoms with Crippen LogP contribution in [-0.4, -0.2) is 23.0 Å². The van der Waals surface area contributed by atoms with Crippen molar-refractivity contribution in [2.75, 3.05) is 5.32 Å². The summed E-state index contributed by atoms with van der Waals surface area (Å²) in [5.74, 6) is -2.36. The maximum Gasteiger partial charge on any atom is 0.329 e. The first-order valence-electron chi connectivity index (χ1n) is 7.89. The smallest absolute Gasteiger partial charge is 0.318 e. The van der Waals surface area contributed by atoms with Crippen molar-refractivity contribution >= 4 is 46.2 Å². The van der Waals surface area contributed by atoms with Gasteiger partial charge in [-0.3, -0.25) is 9.59 Å². The topological polar surface area (TPSA) is 83.5 Å². The van der Waals surface area contributed by atoms with Crippen LogP contribution in [0, 0.1) is 12.7 Å². The maximum atomic E-state index is 12.8. The number of hydrogen-bond donors (Lipinski definition) is 2. The van der Waals surface area contributed by atoms with Crippen molar-refractivity contribution in [2.24, 2.45) is 5.10 Å². The van der Waals surface area contributed by atoms with E-state index in [0.29, 0.717) is 5.56 Å². The van der Waals surface area contributed by atoms with Gasteiger partial charge in [0.05, 0.1) is 11.7 Å². The van der Waals surface area contributed by atoms with Gasteiger partial charge in [-0.25, -0.2) is 14.8 Å². The number of nitrogens with one attached hydrogen (secondary N) is 2. The lowest BCUT2D eigenvalue weighted by Crippen LogP contribution is -2.32. The number of pyridine rings is 1. The average Bonchev–Trinajstić information content (AvgIpc) is 2.64. The zero-order valence-corrected chi connectivity index (χ0v) is 14.9. The first-order chi connectivity index (χ1) is 12.9. The molecule has 0 spiro atoms. The molecule has 0 aliphatic heterocycles. The molecule has 0 unspecified atom stereocenters. The summed E-state index contributed by atoms with van der Waals surface area (Å²) in [6.07, 6.45) is 1.30. The molecule has 2 N–H and O–H groups in total. The van der Waals surface area contributed by atoms with Crippen molar-refractivity contribution in [1.82, 2.24) is 10.4 Å². The van der Waals surface area contributed by atoms with Crippen LogP contribution in [0.1, 0.15) is 11.1 Å². The molecular weight excluding hydrogens is 371 g/mol. The molecule has 3 aromatic rings. The number of hydrogen-bond acceptors (Lipinski definition) is 4. The molecule has 8 heteroatoms. The quantitative estimate of drug-likeness (QED) is 0.314. The summed E-state index contributed by atoms with van der Waals surface area (Å²) < 4.78 is 12.8. The van der Waals surface area contributed by atoms with Crippen molar-refractivity contribution in [3.63, 3.8) is 0 Å². The van der Waals surface area contributed by atoms with Crippen LogP contribution in [0.4, 0.5) is 10.1 Å². The summed E-state index contributed by atoms with van der Waals surface area (Å²) in [7, 11) is 0. The van der Waals surface area contributed by atoms with Gasteiger partial charge in [0.1, 0.15) is 11.0 Å². The van der Waals surface area contributed by atoms with Crippen LogP contribution in [0.5, 0.6) is 0 Å². The lowest BCUT2D eigenvalue weighted by Gasteiger charge is -2.04. The van der Waals surface area contributed by atoms with Gasteiger partial charge in [-0.1, -0.05) is 23.7 Å². The number of fused-ring (bicyclic) bond motifs is 1. The Morgan fingerprint density at radius 2 is 1.85 bits per heavy atom. The van der Waals surface area contributed by atoms with E-state index in [9.17, 15) is 14.0 Å². The number of anilines is 1. The van der Waals surface area contributed by atoms with E-state index in [1.165, 1.54) is 30.5 Å². The van der Waals surface area contributed by atoms with Crippen LogP contribution in [-0.2, 0) is 9.59 Å². The van der Waals surface area contributed by atoms with Gasteiger partial charge in [0.15, 0.2) is 0 Å². The number of carbonyl (C=O) groups is 2. The highest BCUT2D eigenvalue weighted by Crippen LogP contribution is 2.20. The molecule has 1 aromatic heterocycles. The lowest BCUT2D eigenvalue weighted by molar-refractivity contribution is -0.136. The van der Waals surface area contributed by atoms with E-state index in [-0.39, 0.29) is 10.8 Å². The molecule has 0 bridgehead atoms. The fourth-order valence-corrected chi connectivity index (χ4v) is 2.49. The zero-order valence-electron chi connectivity index (χ0n) is 14.2. The first-order valence-corrected chi connectivity index (χ1v) is 8.27. The third-order valence-corrected chi connectivity index (χ3v) is 3.93. The number of hydrazone groups is 1. The predicted octanol–water partition coefficient (Wildman–Crippen LogP) is 3.42. The van der Waals surface area contributed by atoms with Gasteiger partial charge in [-0.05, 0) is 48.9 Å². The predicted molar refractivity (Wildman–Crippen MR) is 102 cm³/mol. The Kier molecular flexibility index (Phi) is 5.42. The molecule has 0 radical (unpaired) electrons. The maximum absolute atomic E-state index is 12.8. The van der Waals surface area contributed by atoms with Gasteiger partial charge in [-0.15, -0.1) is 0 Å². The van der Waals surface area contributed by atoms with E-state index in [4.69, 9.17) is 11.6 Å². The third-order valence-electron chi connectivity index (χ3n) is 3.63. The molecule has 0 aliphatic rings. The second-order valence-electron chi connectivity index (χ2n) is 5.72. The fourth-order valence-electron chi connectivity index (χ4n) is 2.29. The summed E-state index contributed by atoms with van der Waals surface area (Å²) in [6, 6.07) is 12.5. The van der Waals surface area contributed by atoms with Gasteiger partial charge in [0, 0.05) is 16.6 Å². The largest absolute Gasteiger partial charge is 0.329 e. The Labute approximate surface area is 159 Å². The van der Waals surface area contributed by atoms with Crippen molar-refractivity contribution in [2.45, 2.75) is 6.92 Å². The molecule has 1 heterocycles. The van der Waals surface area contributed by atoms with Crippen LogP contribution in [0.3, 0.4) is 0 Å². The highest BCUT2D eigenvalue weighted by atomic mass is 35.5. The summed E-state index contributed by atoms with van der Waals surface area (Å²) in [4.78, 5) is 27.8. The van der Waals surface area contributed by atoms with Crippen molar-refractivity contribution in [3.8, 4) is 0 Å². The Bertz CT molecular complexity index is 1050. The number of rotatable bonds is 3. The van der Waals surface area contributed by atoms with E-state index < -0.39 is 17.6 Å². The summed E-state index contributed by atoms with van der Waals surface area (Å²) in [5, 5.41) is 7.15. The minimum Gasteiger partial charge on any atom is -0.318 e. The molecule has 2 aromatic carbocycles. The molecule has 2 amide bonds. The molecule has 0 saturated carbocycles. The molecule has 0 fully saturated rings. The zero-order chi connectivity index (χ0) is 19.4. The molecular formula is C19H14ClFN4O2. The van der Waals surface area contributed by atoms with Crippen LogP contribution < -0.4 is 10.7 Å². The third kappa shape index (κ3) is 4.65. The second-order valence-corrected chi connectivity index (χ2v) is 6.08. The Morgan fingerprint density at radius 1 is 1.11 bits per heavy atom. The van der Waals surface area contributed by atoms with Crippen LogP contribution in [0.15, 0.2) is 53.6 Å². The van der Waals surface area contributed by atoms with Gasteiger partial charge in [0.25, 0.3) is 0 Å². The van der Waals surface area contributed by atoms with Gasteiger partial charge < -0.3 is 5.32 Å². The molecule has 136 valence electrons. The number of carbonyl (C=O) groups excluding carboxylic acids is 2. The second kappa shape index (κ2) is 7.92. The molecule has 0 saturated heterocycles. The first kappa shape index (κ1) is 18.5. The summed E-state index contributed by atoms with van der Waals surface area (Å²) in [5.41, 5.74) is 4.70. The van der Waals surface area contributed by atoms with Gasteiger partial charge in [-0.2, -0.15) is 5.10 Å². The number of amides is 2. The monoisotopic (exact) mass is 384 g/mol. The summed E-state index contributed by atoms with van der Waals surface area (Å²) >= 11 is 6.13. The Balaban J connectivity index is 1.65. The normalized spacial score (nSPS) is 10.9. The van der Waals surface area contributed by atoms with E-state index in [2.05, 4.69) is 20.8 Å². The Hall–Kier alpha value is -3.32. The molecule has 3 rings (SSSR count). The van der Waals surface area contributed by atoms with Gasteiger partial charge in [0.2, 0.25) is 0 Å². The summed E-state index contributed by atoms with van der Waals surface area (Å²) in [6.45, 7) is 1.96. The van der Waals surface area contributed by atoms with E-state index in [0.717, 1.165) is 16.5 Å². The average molecular weight is 385 g/mol. The van der Waals surface area contributed by atoms with Crippen molar-refractivity contribution in [3.05, 3.63) is 70.6 Å². The lowest BCUT2D eigenvalue weighted by atomic mass is 10.1. The minimum atomic E-state index is -0.976. The van der Waals surface area contributed by atoms with E-state index in [1.54, 1.807) is 6.07 Å². The fraction of sp³-hybridized carbons (Fsp3) is 0.0526. The number of benzene rings is 2. The van der Waals surface area contributed by atoms with Gasteiger partial charge >= 0.3 is 11.8 Å². The van der Waals surface area contributed by atoms with E-state index >= 15 is 0 Å². The highest BCUT2D eigenvalue weighted by molar-refractivity contribution is 6.39. The molecule has 0 aliphatic carbocycles. The SMILES string of the molecule is Cc1ccc2cc(/C=N/NC(=O)C(=O)Nc3ccc(F)cc3)c(Cl)nc2c1. The van der Waals surface area contributed by atoms with Crippen LogP contribution >= 0.6 is 11.6 Å². The molecule has 6 nitrogen and oxygen atoms in total. The van der Waals surface area contributed by atoms with Crippen LogP contribution in [0.2, 0.25) is 5.15 Å². The number of halogens is 2. The number of aromatic nitrogens is 1. The highest BCUT2D eigenvalue weighted by Gasteiger charge is 2.13. The van der Waals surface area contributed by atoms with Crippen molar-refractivity contribution in [1.29, 1.82) is 0 Å².